The molecule has 3 rings (SSSR count). The average Bonchev–Trinajstić information content (AvgIpc) is 3.11. The first-order chi connectivity index (χ1) is 14.2. The minimum absolute atomic E-state index is 0.00885. The van der Waals surface area contributed by atoms with Crippen LogP contribution < -0.4 is 4.90 Å². The van der Waals surface area contributed by atoms with Gasteiger partial charge in [-0.25, -0.2) is 4.79 Å². The van der Waals surface area contributed by atoms with Crippen molar-refractivity contribution in [2.24, 2.45) is 5.16 Å². The second-order valence-electron chi connectivity index (χ2n) is 6.53. The molecule has 0 bridgehead atoms. The topological polar surface area (TPSA) is 68.2 Å². The second kappa shape index (κ2) is 10.2. The molecule has 1 fully saturated rings. The zero-order chi connectivity index (χ0) is 20.5. The second-order valence-corrected chi connectivity index (χ2v) is 6.53. The summed E-state index contributed by atoms with van der Waals surface area (Å²) in [6.45, 7) is 2.44. The molecule has 1 saturated heterocycles. The Balaban J connectivity index is 1.73. The molecule has 0 saturated carbocycles. The maximum absolute atomic E-state index is 12.5. The maximum Gasteiger partial charge on any atom is 0.330 e. The van der Waals surface area contributed by atoms with Gasteiger partial charge >= 0.3 is 5.97 Å². The first-order valence-electron chi connectivity index (χ1n) is 9.64. The molecule has 150 valence electrons. The third-order valence-corrected chi connectivity index (χ3v) is 4.53. The number of para-hydroxylation sites is 1. The van der Waals surface area contributed by atoms with E-state index in [1.54, 1.807) is 24.1 Å². The van der Waals surface area contributed by atoms with Crippen molar-refractivity contribution in [3.8, 4) is 0 Å². The van der Waals surface area contributed by atoms with Crippen LogP contribution in [-0.2, 0) is 25.8 Å². The lowest BCUT2D eigenvalue weighted by atomic mass is 10.1. The Morgan fingerprint density at radius 2 is 1.93 bits per heavy atom. The highest BCUT2D eigenvalue weighted by atomic mass is 16.6. The van der Waals surface area contributed by atoms with Crippen molar-refractivity contribution in [2.75, 3.05) is 11.5 Å². The normalized spacial score (nSPS) is 16.7. The van der Waals surface area contributed by atoms with Crippen molar-refractivity contribution in [3.05, 3.63) is 77.9 Å². The van der Waals surface area contributed by atoms with Crippen LogP contribution in [0.3, 0.4) is 0 Å². The molecule has 1 aliphatic rings. The van der Waals surface area contributed by atoms with Gasteiger partial charge in [-0.15, -0.1) is 0 Å². The Morgan fingerprint density at radius 3 is 2.72 bits per heavy atom. The van der Waals surface area contributed by atoms with Crippen LogP contribution in [0.1, 0.15) is 30.9 Å². The Morgan fingerprint density at radius 1 is 1.17 bits per heavy atom. The number of esters is 1. The van der Waals surface area contributed by atoms with E-state index in [2.05, 4.69) is 5.16 Å². The van der Waals surface area contributed by atoms with Crippen LogP contribution in [0.2, 0.25) is 0 Å². The largest absolute Gasteiger partial charge is 0.463 e. The van der Waals surface area contributed by atoms with E-state index in [0.717, 1.165) is 16.8 Å². The monoisotopic (exact) mass is 392 g/mol. The molecule has 6 nitrogen and oxygen atoms in total. The van der Waals surface area contributed by atoms with E-state index < -0.39 is 5.97 Å². The summed E-state index contributed by atoms with van der Waals surface area (Å²) in [5, 5.41) is 4.06. The van der Waals surface area contributed by atoms with Crippen molar-refractivity contribution >= 4 is 23.8 Å². The van der Waals surface area contributed by atoms with E-state index in [4.69, 9.17) is 9.57 Å². The van der Waals surface area contributed by atoms with Gasteiger partial charge < -0.3 is 14.5 Å². The fraction of sp³-hybridized carbons (Fsp3) is 0.261. The van der Waals surface area contributed by atoms with Gasteiger partial charge in [-0.05, 0) is 25.0 Å². The molecular formula is C23H24N2O4. The lowest BCUT2D eigenvalue weighted by Crippen LogP contribution is -2.32. The fourth-order valence-electron chi connectivity index (χ4n) is 3.18. The van der Waals surface area contributed by atoms with Gasteiger partial charge in [0.25, 0.3) is 0 Å². The molecule has 0 radical (unpaired) electrons. The molecule has 0 aromatic heterocycles. The highest BCUT2D eigenvalue weighted by molar-refractivity contribution is 6.01. The summed E-state index contributed by atoms with van der Waals surface area (Å²) in [6, 6.07) is 17.1. The van der Waals surface area contributed by atoms with Crippen molar-refractivity contribution < 1.29 is 19.2 Å². The Kier molecular flexibility index (Phi) is 7.16. The van der Waals surface area contributed by atoms with Gasteiger partial charge in [0.1, 0.15) is 6.61 Å². The average molecular weight is 392 g/mol. The molecule has 0 aliphatic carbocycles. The van der Waals surface area contributed by atoms with Crippen molar-refractivity contribution in [1.82, 2.24) is 0 Å². The summed E-state index contributed by atoms with van der Waals surface area (Å²) in [4.78, 5) is 31.2. The molecule has 0 N–H and O–H groups in total. The number of anilines is 1. The summed E-state index contributed by atoms with van der Waals surface area (Å²) >= 11 is 0. The van der Waals surface area contributed by atoms with Crippen LogP contribution in [0.25, 0.3) is 0 Å². The van der Waals surface area contributed by atoms with Gasteiger partial charge in [0.05, 0.1) is 24.6 Å². The molecule has 2 aromatic rings. The zero-order valence-electron chi connectivity index (χ0n) is 16.4. The summed E-state index contributed by atoms with van der Waals surface area (Å²) < 4.78 is 4.93. The predicted molar refractivity (Wildman–Crippen MR) is 112 cm³/mol. The lowest BCUT2D eigenvalue weighted by Gasteiger charge is -2.24. The van der Waals surface area contributed by atoms with Crippen molar-refractivity contribution in [1.29, 1.82) is 0 Å². The standard InChI is InChI=1S/C23H24N2O4/c1-2-28-23(27)15-13-20-12-14-22(26)25(20)21-11-7-6-10-19(21)16-24-29-17-18-8-4-3-5-9-18/h3-11,13,15-16,20H,2,12,14,17H2,1H3/b15-13+,24-16+/t20-/m0/s1. The van der Waals surface area contributed by atoms with Gasteiger partial charge in [-0.1, -0.05) is 59.8 Å². The van der Waals surface area contributed by atoms with Crippen LogP contribution in [-0.4, -0.2) is 30.7 Å². The first-order valence-corrected chi connectivity index (χ1v) is 9.64. The number of oxime groups is 1. The summed E-state index contributed by atoms with van der Waals surface area (Å²) in [5.74, 6) is -0.398. The van der Waals surface area contributed by atoms with E-state index in [1.807, 2.05) is 54.6 Å². The number of carbonyl (C=O) groups excluding carboxylic acids is 2. The molecule has 1 heterocycles. The fourth-order valence-corrected chi connectivity index (χ4v) is 3.18. The van der Waals surface area contributed by atoms with E-state index in [-0.39, 0.29) is 11.9 Å². The minimum Gasteiger partial charge on any atom is -0.463 e. The molecule has 1 atom stereocenters. The number of amides is 1. The van der Waals surface area contributed by atoms with Gasteiger partial charge in [-0.3, -0.25) is 4.79 Å². The Labute approximate surface area is 170 Å². The molecule has 29 heavy (non-hydrogen) atoms. The molecule has 0 unspecified atom stereocenters. The quantitative estimate of drug-likeness (QED) is 0.296. The highest BCUT2D eigenvalue weighted by Crippen LogP contribution is 2.29. The van der Waals surface area contributed by atoms with Crippen LogP contribution in [0, 0.1) is 0 Å². The predicted octanol–water partition coefficient (Wildman–Crippen LogP) is 3.85. The number of rotatable bonds is 8. The van der Waals surface area contributed by atoms with E-state index in [1.165, 1.54) is 6.08 Å². The SMILES string of the molecule is CCOC(=O)/C=C/[C@@H]1CCC(=O)N1c1ccccc1/C=N/OCc1ccccc1. The molecule has 6 heteroatoms. The third-order valence-electron chi connectivity index (χ3n) is 4.53. The van der Waals surface area contributed by atoms with Gasteiger partial charge in [0.2, 0.25) is 5.91 Å². The van der Waals surface area contributed by atoms with Gasteiger partial charge in [-0.2, -0.15) is 0 Å². The number of hydrogen-bond donors (Lipinski definition) is 0. The van der Waals surface area contributed by atoms with Crippen LogP contribution in [0.5, 0.6) is 0 Å². The highest BCUT2D eigenvalue weighted by Gasteiger charge is 2.31. The number of carbonyl (C=O) groups is 2. The van der Waals surface area contributed by atoms with Crippen LogP contribution in [0.15, 0.2) is 71.9 Å². The van der Waals surface area contributed by atoms with Gasteiger partial charge in [0, 0.05) is 18.1 Å². The summed E-state index contributed by atoms with van der Waals surface area (Å²) in [6.07, 6.45) is 5.79. The molecule has 0 spiro atoms. The number of hydrogen-bond acceptors (Lipinski definition) is 5. The molecular weight excluding hydrogens is 368 g/mol. The van der Waals surface area contributed by atoms with E-state index >= 15 is 0 Å². The Hall–Kier alpha value is -3.41. The van der Waals surface area contributed by atoms with Crippen molar-refractivity contribution in [2.45, 2.75) is 32.4 Å². The summed E-state index contributed by atoms with van der Waals surface area (Å²) in [5.41, 5.74) is 2.53. The lowest BCUT2D eigenvalue weighted by molar-refractivity contribution is -0.137. The minimum atomic E-state index is -0.407. The maximum atomic E-state index is 12.5. The number of benzene rings is 2. The van der Waals surface area contributed by atoms with Crippen LogP contribution >= 0.6 is 0 Å². The first kappa shape index (κ1) is 20.3. The number of ether oxygens (including phenoxy) is 1. The third kappa shape index (κ3) is 5.54. The van der Waals surface area contributed by atoms with Crippen molar-refractivity contribution in [3.63, 3.8) is 0 Å². The zero-order valence-corrected chi connectivity index (χ0v) is 16.4. The van der Waals surface area contributed by atoms with Gasteiger partial charge in [0.15, 0.2) is 0 Å². The molecule has 1 amide bonds. The van der Waals surface area contributed by atoms with Crippen LogP contribution in [0.4, 0.5) is 5.69 Å². The summed E-state index contributed by atoms with van der Waals surface area (Å²) in [7, 11) is 0. The molecule has 2 aromatic carbocycles. The Bertz CT molecular complexity index is 893. The van der Waals surface area contributed by atoms with E-state index in [9.17, 15) is 9.59 Å². The molecule has 1 aliphatic heterocycles. The smallest absolute Gasteiger partial charge is 0.330 e. The number of nitrogens with zero attached hydrogens (tertiary/aromatic N) is 2. The van der Waals surface area contributed by atoms with E-state index in [0.29, 0.717) is 26.1 Å².